The van der Waals surface area contributed by atoms with Crippen LogP contribution in [0, 0.1) is 6.92 Å². The van der Waals surface area contributed by atoms with Gasteiger partial charge in [0.2, 0.25) is 5.88 Å². The van der Waals surface area contributed by atoms with Gasteiger partial charge < -0.3 is 29.2 Å². The summed E-state index contributed by atoms with van der Waals surface area (Å²) in [7, 11) is 1.59. The summed E-state index contributed by atoms with van der Waals surface area (Å²) in [5.41, 5.74) is 2.83. The van der Waals surface area contributed by atoms with E-state index in [0.29, 0.717) is 40.6 Å². The number of aryl methyl sites for hydroxylation is 1. The number of ether oxygens (including phenoxy) is 3. The molecule has 8 heteroatoms. The molecule has 0 radical (unpaired) electrons. The smallest absolute Gasteiger partial charge is 0.230 e. The highest BCUT2D eigenvalue weighted by molar-refractivity contribution is 5.87. The van der Waals surface area contributed by atoms with E-state index in [4.69, 9.17) is 14.2 Å². The van der Waals surface area contributed by atoms with Crippen molar-refractivity contribution in [2.24, 2.45) is 0 Å². The molecule has 2 aromatic heterocycles. The predicted octanol–water partition coefficient (Wildman–Crippen LogP) is 4.45. The van der Waals surface area contributed by atoms with E-state index in [1.807, 2.05) is 31.2 Å². The number of methoxy groups -OCH3 is 1. The first kappa shape index (κ1) is 22.4. The second kappa shape index (κ2) is 9.87. The molecule has 3 heterocycles. The normalized spacial score (nSPS) is 15.5. The molecular formula is C26H30N4O4. The third kappa shape index (κ3) is 4.93. The largest absolute Gasteiger partial charge is 0.493 e. The molecule has 2 N–H and O–H groups in total. The molecule has 0 amide bonds. The summed E-state index contributed by atoms with van der Waals surface area (Å²) in [6.45, 7) is 4.89. The van der Waals surface area contributed by atoms with Crippen LogP contribution < -0.4 is 14.2 Å². The number of fused-ring (bicyclic) bond motifs is 2. The maximum Gasteiger partial charge on any atom is 0.230 e. The number of rotatable bonds is 8. The van der Waals surface area contributed by atoms with E-state index < -0.39 is 6.10 Å². The number of aliphatic hydroxyl groups excluding tert-OH is 1. The van der Waals surface area contributed by atoms with Crippen molar-refractivity contribution in [3.8, 4) is 23.1 Å². The fraction of sp³-hybridized carbons (Fsp3) is 0.385. The van der Waals surface area contributed by atoms with Crippen LogP contribution in [0.2, 0.25) is 0 Å². The number of β-amino-alcohol motifs (C(OH)–C–C–N with tert-alkyl or cyclic N) is 1. The molecular weight excluding hydrogens is 432 g/mol. The Morgan fingerprint density at radius 1 is 1.06 bits per heavy atom. The summed E-state index contributed by atoms with van der Waals surface area (Å²) in [5.74, 6) is 2.19. The van der Waals surface area contributed by atoms with Crippen molar-refractivity contribution in [2.45, 2.75) is 32.3 Å². The number of aromatic nitrogens is 3. The number of likely N-dealkylation sites (tertiary alicyclic amines) is 1. The Hall–Kier alpha value is -3.36. The lowest BCUT2D eigenvalue weighted by atomic mass is 10.1. The minimum absolute atomic E-state index is 0.183. The molecule has 5 rings (SSSR count). The van der Waals surface area contributed by atoms with Gasteiger partial charge in [0.15, 0.2) is 11.5 Å². The number of hydrogen-bond acceptors (Lipinski definition) is 7. The molecule has 178 valence electrons. The standard InChI is InChI=1S/C26H30N4O4/c1-17-10-18-11-20(6-7-22(18)29-17)34-26-21-12-24(32-2)25(13-23(21)27-16-28-26)33-15-19(31)14-30-8-4-3-5-9-30/h6-7,10-13,16,19,29,31H,3-5,8-9,14-15H2,1-2H3/t19-/m0/s1. The van der Waals surface area contributed by atoms with E-state index in [1.165, 1.54) is 25.6 Å². The van der Waals surface area contributed by atoms with Gasteiger partial charge in [0.25, 0.3) is 0 Å². The van der Waals surface area contributed by atoms with Crippen molar-refractivity contribution >= 4 is 21.8 Å². The number of H-pyrrole nitrogens is 1. The van der Waals surface area contributed by atoms with Gasteiger partial charge >= 0.3 is 0 Å². The van der Waals surface area contributed by atoms with Crippen LogP contribution in [-0.4, -0.2) is 64.4 Å². The van der Waals surface area contributed by atoms with Crippen molar-refractivity contribution in [1.82, 2.24) is 19.9 Å². The molecule has 8 nitrogen and oxygen atoms in total. The molecule has 1 atom stereocenters. The van der Waals surface area contributed by atoms with Crippen molar-refractivity contribution in [3.63, 3.8) is 0 Å². The summed E-state index contributed by atoms with van der Waals surface area (Å²) >= 11 is 0. The quantitative estimate of drug-likeness (QED) is 0.400. The lowest BCUT2D eigenvalue weighted by molar-refractivity contribution is 0.0609. The molecule has 1 saturated heterocycles. The van der Waals surface area contributed by atoms with Gasteiger partial charge in [-0.15, -0.1) is 0 Å². The highest BCUT2D eigenvalue weighted by Gasteiger charge is 2.17. The molecule has 0 saturated carbocycles. The fourth-order valence-electron chi connectivity index (χ4n) is 4.50. The third-order valence-electron chi connectivity index (χ3n) is 6.17. The van der Waals surface area contributed by atoms with E-state index >= 15 is 0 Å². The van der Waals surface area contributed by atoms with Gasteiger partial charge in [-0.05, 0) is 63.2 Å². The molecule has 1 aliphatic heterocycles. The number of piperidine rings is 1. The topological polar surface area (TPSA) is 92.7 Å². The number of aliphatic hydroxyl groups is 1. The summed E-state index contributed by atoms with van der Waals surface area (Å²) in [5, 5.41) is 12.3. The van der Waals surface area contributed by atoms with Crippen molar-refractivity contribution in [3.05, 3.63) is 48.4 Å². The van der Waals surface area contributed by atoms with Gasteiger partial charge in [0.05, 0.1) is 18.0 Å². The number of nitrogens with zero attached hydrogens (tertiary/aromatic N) is 3. The predicted molar refractivity (Wildman–Crippen MR) is 131 cm³/mol. The first-order chi connectivity index (χ1) is 16.6. The SMILES string of the molecule is COc1cc2c(Oc3ccc4[nH]c(C)cc4c3)ncnc2cc1OC[C@@H](O)CN1CCCCC1. The molecule has 34 heavy (non-hydrogen) atoms. The first-order valence-electron chi connectivity index (χ1n) is 11.7. The van der Waals surface area contributed by atoms with Gasteiger partial charge in [-0.1, -0.05) is 6.42 Å². The number of hydrogen-bond donors (Lipinski definition) is 2. The van der Waals surface area contributed by atoms with Crippen LogP contribution in [0.15, 0.2) is 42.7 Å². The van der Waals surface area contributed by atoms with Crippen LogP contribution in [0.25, 0.3) is 21.8 Å². The molecule has 0 unspecified atom stereocenters. The number of benzene rings is 2. The fourth-order valence-corrected chi connectivity index (χ4v) is 4.50. The molecule has 0 spiro atoms. The van der Waals surface area contributed by atoms with Crippen molar-refractivity contribution < 1.29 is 19.3 Å². The lowest BCUT2D eigenvalue weighted by Crippen LogP contribution is -2.38. The zero-order chi connectivity index (χ0) is 23.5. The maximum absolute atomic E-state index is 10.5. The second-order valence-corrected chi connectivity index (χ2v) is 8.83. The summed E-state index contributed by atoms with van der Waals surface area (Å²) in [4.78, 5) is 14.3. The Labute approximate surface area is 198 Å². The van der Waals surface area contributed by atoms with Crippen LogP contribution in [0.5, 0.6) is 23.1 Å². The van der Waals surface area contributed by atoms with Gasteiger partial charge in [0, 0.05) is 29.2 Å². The average Bonchev–Trinajstić information content (AvgIpc) is 3.22. The Morgan fingerprint density at radius 3 is 2.74 bits per heavy atom. The van der Waals surface area contributed by atoms with E-state index in [2.05, 4.69) is 25.9 Å². The molecule has 1 fully saturated rings. The summed E-state index contributed by atoms with van der Waals surface area (Å²) < 4.78 is 17.6. The monoisotopic (exact) mass is 462 g/mol. The van der Waals surface area contributed by atoms with E-state index in [-0.39, 0.29) is 6.61 Å². The lowest BCUT2D eigenvalue weighted by Gasteiger charge is -2.28. The highest BCUT2D eigenvalue weighted by atomic mass is 16.5. The van der Waals surface area contributed by atoms with Crippen LogP contribution >= 0.6 is 0 Å². The van der Waals surface area contributed by atoms with Gasteiger partial charge in [-0.3, -0.25) is 0 Å². The molecule has 0 aliphatic carbocycles. The van der Waals surface area contributed by atoms with Gasteiger partial charge in [-0.25, -0.2) is 9.97 Å². The van der Waals surface area contributed by atoms with Crippen LogP contribution in [0.1, 0.15) is 25.0 Å². The van der Waals surface area contributed by atoms with E-state index in [9.17, 15) is 5.11 Å². The molecule has 0 bridgehead atoms. The second-order valence-electron chi connectivity index (χ2n) is 8.83. The zero-order valence-electron chi connectivity index (χ0n) is 19.6. The Bertz CT molecular complexity index is 1280. The van der Waals surface area contributed by atoms with Gasteiger partial charge in [0.1, 0.15) is 24.8 Å². The highest BCUT2D eigenvalue weighted by Crippen LogP contribution is 2.36. The minimum Gasteiger partial charge on any atom is -0.493 e. The maximum atomic E-state index is 10.5. The third-order valence-corrected chi connectivity index (χ3v) is 6.17. The first-order valence-corrected chi connectivity index (χ1v) is 11.7. The Morgan fingerprint density at radius 2 is 1.91 bits per heavy atom. The summed E-state index contributed by atoms with van der Waals surface area (Å²) in [6.07, 6.45) is 4.54. The number of nitrogens with one attached hydrogen (secondary N) is 1. The van der Waals surface area contributed by atoms with Crippen LogP contribution in [-0.2, 0) is 0 Å². The van der Waals surface area contributed by atoms with Crippen LogP contribution in [0.3, 0.4) is 0 Å². The molecule has 1 aliphatic rings. The van der Waals surface area contributed by atoms with E-state index in [0.717, 1.165) is 29.7 Å². The van der Waals surface area contributed by atoms with Crippen molar-refractivity contribution in [2.75, 3.05) is 33.4 Å². The number of aromatic amines is 1. The summed E-state index contributed by atoms with van der Waals surface area (Å²) in [6, 6.07) is 11.6. The average molecular weight is 463 g/mol. The molecule has 2 aromatic carbocycles. The molecule has 4 aromatic rings. The zero-order valence-corrected chi connectivity index (χ0v) is 19.6. The Kier molecular flexibility index (Phi) is 6.51. The Balaban J connectivity index is 1.34. The minimum atomic E-state index is -0.574. The van der Waals surface area contributed by atoms with E-state index in [1.54, 1.807) is 13.2 Å². The van der Waals surface area contributed by atoms with Crippen molar-refractivity contribution in [1.29, 1.82) is 0 Å². The van der Waals surface area contributed by atoms with Gasteiger partial charge in [-0.2, -0.15) is 0 Å². The van der Waals surface area contributed by atoms with Crippen LogP contribution in [0.4, 0.5) is 0 Å².